The summed E-state index contributed by atoms with van der Waals surface area (Å²) in [6.07, 6.45) is 1.65. The van der Waals surface area contributed by atoms with Crippen LogP contribution in [0.5, 0.6) is 11.5 Å². The lowest BCUT2D eigenvalue weighted by Crippen LogP contribution is -2.19. The Bertz CT molecular complexity index is 1390. The molecule has 1 heterocycles. The zero-order valence-electron chi connectivity index (χ0n) is 19.0. The molecule has 0 aliphatic rings. The van der Waals surface area contributed by atoms with E-state index >= 15 is 0 Å². The van der Waals surface area contributed by atoms with E-state index in [0.29, 0.717) is 33.3 Å². The van der Waals surface area contributed by atoms with Crippen LogP contribution >= 0.6 is 27.5 Å². The van der Waals surface area contributed by atoms with Crippen molar-refractivity contribution in [3.63, 3.8) is 0 Å². The number of aliphatic imine (C=N–C) groups is 1. The molecule has 0 aliphatic heterocycles. The largest absolute Gasteiger partial charge is 0.493 e. The molecule has 0 spiro atoms. The fraction of sp³-hybridized carbons (Fsp3) is 0.154. The highest BCUT2D eigenvalue weighted by atomic mass is 79.9. The lowest BCUT2D eigenvalue weighted by molar-refractivity contribution is 0.282. The summed E-state index contributed by atoms with van der Waals surface area (Å²) in [6.45, 7) is 2.24. The highest BCUT2D eigenvalue weighted by Gasteiger charge is 2.16. The first-order chi connectivity index (χ1) is 16.4. The molecule has 0 fully saturated rings. The molecule has 0 radical (unpaired) electrons. The van der Waals surface area contributed by atoms with E-state index in [1.165, 1.54) is 0 Å². The van der Waals surface area contributed by atoms with Gasteiger partial charge in [-0.05, 0) is 70.4 Å². The molecule has 34 heavy (non-hydrogen) atoms. The van der Waals surface area contributed by atoms with Gasteiger partial charge in [-0.1, -0.05) is 41.9 Å². The molecule has 1 aromatic heterocycles. The van der Waals surface area contributed by atoms with Crippen LogP contribution in [0.3, 0.4) is 0 Å². The van der Waals surface area contributed by atoms with Crippen molar-refractivity contribution in [2.45, 2.75) is 13.5 Å². The first kappa shape index (κ1) is 23.9. The van der Waals surface area contributed by atoms with E-state index in [0.717, 1.165) is 22.5 Å². The number of benzene rings is 3. The molecule has 6 nitrogen and oxygen atoms in total. The van der Waals surface area contributed by atoms with Crippen LogP contribution in [0.2, 0.25) is 5.02 Å². The summed E-state index contributed by atoms with van der Waals surface area (Å²) in [4.78, 5) is 17.6. The van der Waals surface area contributed by atoms with E-state index in [1.807, 2.05) is 80.7 Å². The van der Waals surface area contributed by atoms with Gasteiger partial charge in [0, 0.05) is 18.3 Å². The molecule has 4 aromatic rings. The van der Waals surface area contributed by atoms with Gasteiger partial charge in [0.2, 0.25) is 0 Å². The van der Waals surface area contributed by atoms with E-state index in [-0.39, 0.29) is 5.56 Å². The Labute approximate surface area is 211 Å². The predicted octanol–water partition coefficient (Wildman–Crippen LogP) is 6.24. The molecule has 8 heteroatoms. The maximum atomic E-state index is 13.1. The number of aromatic nitrogens is 2. The normalized spacial score (nSPS) is 11.2. The maximum Gasteiger partial charge on any atom is 0.297 e. The van der Waals surface area contributed by atoms with E-state index in [4.69, 9.17) is 21.1 Å². The van der Waals surface area contributed by atoms with Gasteiger partial charge in [0.25, 0.3) is 5.56 Å². The Kier molecular flexibility index (Phi) is 7.24. The molecule has 0 atom stereocenters. The van der Waals surface area contributed by atoms with Crippen molar-refractivity contribution in [3.8, 4) is 17.2 Å². The summed E-state index contributed by atoms with van der Waals surface area (Å²) in [7, 11) is 3.42. The molecular formula is C26H23BrClN3O3. The molecule has 0 saturated heterocycles. The summed E-state index contributed by atoms with van der Waals surface area (Å²) in [6, 6.07) is 20.6. The SMILES string of the molecule is COc1cc(C=Nc2c(C)n(C)n(-c3ccccc3)c2=O)cc(Br)c1OCc1ccc(Cl)cc1. The summed E-state index contributed by atoms with van der Waals surface area (Å²) >= 11 is 9.52. The van der Waals surface area contributed by atoms with Crippen molar-refractivity contribution < 1.29 is 9.47 Å². The van der Waals surface area contributed by atoms with Gasteiger partial charge < -0.3 is 9.47 Å². The first-order valence-corrected chi connectivity index (χ1v) is 11.7. The average Bonchev–Trinajstić information content (AvgIpc) is 3.05. The Morgan fingerprint density at radius 1 is 1.09 bits per heavy atom. The summed E-state index contributed by atoms with van der Waals surface area (Å²) < 4.78 is 15.7. The quantitative estimate of drug-likeness (QED) is 0.261. The maximum absolute atomic E-state index is 13.1. The number of hydrogen-bond acceptors (Lipinski definition) is 4. The van der Waals surface area contributed by atoms with Gasteiger partial charge in [0.1, 0.15) is 6.61 Å². The number of methoxy groups -OCH3 is 1. The van der Waals surface area contributed by atoms with Crippen molar-refractivity contribution in [1.29, 1.82) is 0 Å². The van der Waals surface area contributed by atoms with Crippen LogP contribution in [0.4, 0.5) is 5.69 Å². The number of rotatable bonds is 7. The van der Waals surface area contributed by atoms with E-state index in [1.54, 1.807) is 22.7 Å². The van der Waals surface area contributed by atoms with Gasteiger partial charge in [-0.15, -0.1) is 0 Å². The third kappa shape index (κ3) is 4.95. The number of para-hydroxylation sites is 1. The third-order valence-corrected chi connectivity index (χ3v) is 6.26. The zero-order valence-corrected chi connectivity index (χ0v) is 21.3. The van der Waals surface area contributed by atoms with Crippen LogP contribution in [0, 0.1) is 6.92 Å². The Morgan fingerprint density at radius 3 is 2.47 bits per heavy atom. The minimum absolute atomic E-state index is 0.184. The first-order valence-electron chi connectivity index (χ1n) is 10.5. The Morgan fingerprint density at radius 2 is 1.79 bits per heavy atom. The van der Waals surface area contributed by atoms with Crippen LogP contribution < -0.4 is 15.0 Å². The van der Waals surface area contributed by atoms with Crippen molar-refractivity contribution in [1.82, 2.24) is 9.36 Å². The molecule has 0 bridgehead atoms. The van der Waals surface area contributed by atoms with Crippen LogP contribution in [-0.4, -0.2) is 22.7 Å². The molecule has 0 N–H and O–H groups in total. The summed E-state index contributed by atoms with van der Waals surface area (Å²) in [5, 5.41) is 0.676. The van der Waals surface area contributed by atoms with E-state index < -0.39 is 0 Å². The fourth-order valence-electron chi connectivity index (χ4n) is 3.53. The molecule has 0 aliphatic carbocycles. The van der Waals surface area contributed by atoms with Crippen molar-refractivity contribution in [2.24, 2.45) is 12.0 Å². The highest BCUT2D eigenvalue weighted by molar-refractivity contribution is 9.10. The second-order valence-corrected chi connectivity index (χ2v) is 8.91. The van der Waals surface area contributed by atoms with Gasteiger partial charge in [-0.25, -0.2) is 9.67 Å². The molecular weight excluding hydrogens is 518 g/mol. The Hall–Kier alpha value is -3.29. The fourth-order valence-corrected chi connectivity index (χ4v) is 4.23. The zero-order chi connectivity index (χ0) is 24.2. The van der Waals surface area contributed by atoms with Gasteiger partial charge >= 0.3 is 0 Å². The standard InChI is InChI=1S/C26H23BrClN3O3/c1-17-24(26(32)31(30(17)2)21-7-5-4-6-8-21)29-15-19-13-22(27)25(23(14-19)33-3)34-16-18-9-11-20(28)12-10-18/h4-15H,16H2,1-3H3. The highest BCUT2D eigenvalue weighted by Crippen LogP contribution is 2.37. The number of hydrogen-bond donors (Lipinski definition) is 0. The third-order valence-electron chi connectivity index (χ3n) is 5.41. The number of halogens is 2. The Balaban J connectivity index is 1.61. The second kappa shape index (κ2) is 10.3. The van der Waals surface area contributed by atoms with Gasteiger partial charge in [0.15, 0.2) is 17.2 Å². The average molecular weight is 541 g/mol. The minimum Gasteiger partial charge on any atom is -0.493 e. The molecule has 0 amide bonds. The molecule has 0 unspecified atom stereocenters. The predicted molar refractivity (Wildman–Crippen MR) is 139 cm³/mol. The molecule has 3 aromatic carbocycles. The second-order valence-electron chi connectivity index (χ2n) is 7.62. The van der Waals surface area contributed by atoms with Crippen LogP contribution in [0.25, 0.3) is 5.69 Å². The van der Waals surface area contributed by atoms with E-state index in [9.17, 15) is 4.79 Å². The number of nitrogens with zero attached hydrogens (tertiary/aromatic N) is 3. The summed E-state index contributed by atoms with van der Waals surface area (Å²) in [5.41, 5.74) is 3.49. The lowest BCUT2D eigenvalue weighted by Gasteiger charge is -2.13. The smallest absolute Gasteiger partial charge is 0.297 e. The van der Waals surface area contributed by atoms with Gasteiger partial charge in [-0.2, -0.15) is 0 Å². The minimum atomic E-state index is -0.184. The monoisotopic (exact) mass is 539 g/mol. The number of ether oxygens (including phenoxy) is 2. The summed E-state index contributed by atoms with van der Waals surface area (Å²) in [5.74, 6) is 1.13. The molecule has 174 valence electrons. The van der Waals surface area contributed by atoms with Crippen molar-refractivity contribution in [3.05, 3.63) is 103 Å². The van der Waals surface area contributed by atoms with Crippen LogP contribution in [0.15, 0.2) is 81.0 Å². The van der Waals surface area contributed by atoms with Crippen LogP contribution in [-0.2, 0) is 13.7 Å². The van der Waals surface area contributed by atoms with Crippen LogP contribution in [0.1, 0.15) is 16.8 Å². The topological polar surface area (TPSA) is 57.8 Å². The lowest BCUT2D eigenvalue weighted by atomic mass is 10.2. The molecule has 4 rings (SSSR count). The van der Waals surface area contributed by atoms with Crippen molar-refractivity contribution in [2.75, 3.05) is 7.11 Å². The van der Waals surface area contributed by atoms with Gasteiger partial charge in [0.05, 0.1) is 23.0 Å². The van der Waals surface area contributed by atoms with E-state index in [2.05, 4.69) is 20.9 Å². The molecule has 0 saturated carbocycles. The van der Waals surface area contributed by atoms with Gasteiger partial charge in [-0.3, -0.25) is 9.48 Å². The van der Waals surface area contributed by atoms with Crippen molar-refractivity contribution >= 4 is 39.4 Å².